The molecule has 4 rings (SSSR count). The van der Waals surface area contributed by atoms with Crippen molar-refractivity contribution >= 4 is 44.3 Å². The van der Waals surface area contributed by atoms with E-state index in [0.29, 0.717) is 27.1 Å². The first-order valence-electron chi connectivity index (χ1n) is 8.16. The molecule has 0 fully saturated rings. The van der Waals surface area contributed by atoms with E-state index in [1.807, 2.05) is 12.1 Å². The maximum atomic E-state index is 13.2. The third-order valence-electron chi connectivity index (χ3n) is 4.24. The van der Waals surface area contributed by atoms with E-state index in [9.17, 15) is 9.59 Å². The Morgan fingerprint density at radius 1 is 0.889 bits per heavy atom. The second-order valence-electron chi connectivity index (χ2n) is 5.97. The Balaban J connectivity index is 2.02. The number of hydrogen-bond acceptors (Lipinski definition) is 3. The predicted molar refractivity (Wildman–Crippen MR) is 111 cm³/mol. The number of rotatable bonds is 3. The highest BCUT2D eigenvalue weighted by atomic mass is 79.9. The van der Waals surface area contributed by atoms with Crippen molar-refractivity contribution in [2.24, 2.45) is 0 Å². The number of halogens is 2. The van der Waals surface area contributed by atoms with Gasteiger partial charge in [-0.2, -0.15) is 0 Å². The molecule has 0 saturated heterocycles. The Bertz CT molecular complexity index is 1210. The van der Waals surface area contributed by atoms with Gasteiger partial charge in [0, 0.05) is 20.6 Å². The van der Waals surface area contributed by atoms with Crippen molar-refractivity contribution in [1.29, 1.82) is 0 Å². The molecular formula is C22H12BrClO3. The third kappa shape index (κ3) is 3.34. The van der Waals surface area contributed by atoms with Crippen molar-refractivity contribution in [3.05, 3.63) is 104 Å². The fourth-order valence-corrected chi connectivity index (χ4v) is 3.29. The molecular weight excluding hydrogens is 428 g/mol. The van der Waals surface area contributed by atoms with Crippen LogP contribution in [-0.2, 0) is 0 Å². The fraction of sp³-hybridized carbons (Fsp3) is 0. The monoisotopic (exact) mass is 438 g/mol. The van der Waals surface area contributed by atoms with E-state index in [1.165, 1.54) is 0 Å². The van der Waals surface area contributed by atoms with Crippen LogP contribution in [0.1, 0.15) is 15.9 Å². The first kappa shape index (κ1) is 17.7. The standard InChI is InChI=1S/C22H12BrClO3/c23-15-9-5-14(6-10-15)22-19(20(25)13-7-11-16(24)12-8-13)21(26)17-3-1-2-4-18(17)27-22/h1-12H. The van der Waals surface area contributed by atoms with Gasteiger partial charge in [0.05, 0.1) is 5.39 Å². The molecule has 27 heavy (non-hydrogen) atoms. The molecule has 1 heterocycles. The lowest BCUT2D eigenvalue weighted by atomic mass is 9.97. The van der Waals surface area contributed by atoms with Gasteiger partial charge >= 0.3 is 0 Å². The van der Waals surface area contributed by atoms with Crippen LogP contribution in [0.15, 0.2) is 86.5 Å². The first-order chi connectivity index (χ1) is 13.0. The lowest BCUT2D eigenvalue weighted by Crippen LogP contribution is -2.18. The molecule has 0 saturated carbocycles. The van der Waals surface area contributed by atoms with Crippen LogP contribution in [0, 0.1) is 0 Å². The number of para-hydroxylation sites is 1. The molecule has 3 nitrogen and oxygen atoms in total. The molecule has 0 aliphatic heterocycles. The topological polar surface area (TPSA) is 47.3 Å². The minimum Gasteiger partial charge on any atom is -0.455 e. The molecule has 0 bridgehead atoms. The highest BCUT2D eigenvalue weighted by Crippen LogP contribution is 2.29. The summed E-state index contributed by atoms with van der Waals surface area (Å²) >= 11 is 9.31. The van der Waals surface area contributed by atoms with E-state index in [2.05, 4.69) is 15.9 Å². The average Bonchev–Trinajstić information content (AvgIpc) is 2.69. The minimum atomic E-state index is -0.399. The van der Waals surface area contributed by atoms with Gasteiger partial charge in [0.1, 0.15) is 16.9 Å². The Kier molecular flexibility index (Phi) is 4.68. The molecule has 4 aromatic rings. The Morgan fingerprint density at radius 3 is 2.26 bits per heavy atom. The summed E-state index contributed by atoms with van der Waals surface area (Å²) in [5.74, 6) is -0.143. The van der Waals surface area contributed by atoms with Crippen LogP contribution in [0.3, 0.4) is 0 Å². The molecule has 0 N–H and O–H groups in total. The summed E-state index contributed by atoms with van der Waals surface area (Å²) in [6.07, 6.45) is 0. The zero-order chi connectivity index (χ0) is 19.0. The van der Waals surface area contributed by atoms with Crippen LogP contribution in [0.2, 0.25) is 5.02 Å². The van der Waals surface area contributed by atoms with Crippen molar-refractivity contribution in [2.45, 2.75) is 0 Å². The summed E-state index contributed by atoms with van der Waals surface area (Å²) in [4.78, 5) is 26.3. The van der Waals surface area contributed by atoms with Gasteiger partial charge in [-0.05, 0) is 48.5 Å². The van der Waals surface area contributed by atoms with Crippen molar-refractivity contribution in [3.8, 4) is 11.3 Å². The first-order valence-corrected chi connectivity index (χ1v) is 9.34. The van der Waals surface area contributed by atoms with E-state index in [-0.39, 0.29) is 16.8 Å². The van der Waals surface area contributed by atoms with Crippen LogP contribution in [0.25, 0.3) is 22.3 Å². The summed E-state index contributed by atoms with van der Waals surface area (Å²) in [7, 11) is 0. The summed E-state index contributed by atoms with van der Waals surface area (Å²) in [5.41, 5.74) is 1.12. The molecule has 0 aliphatic carbocycles. The molecule has 1 aromatic heterocycles. The Hall–Kier alpha value is -2.69. The van der Waals surface area contributed by atoms with Gasteiger partial charge in [-0.25, -0.2) is 0 Å². The van der Waals surface area contributed by atoms with Crippen LogP contribution in [0.4, 0.5) is 0 Å². The maximum absolute atomic E-state index is 13.2. The predicted octanol–water partition coefficient (Wildman–Crippen LogP) is 6.11. The minimum absolute atomic E-state index is 0.0124. The number of carbonyl (C=O) groups is 1. The maximum Gasteiger partial charge on any atom is 0.204 e. The lowest BCUT2D eigenvalue weighted by Gasteiger charge is -2.10. The number of carbonyl (C=O) groups excluding carboxylic acids is 1. The summed E-state index contributed by atoms with van der Waals surface area (Å²) < 4.78 is 6.89. The summed E-state index contributed by atoms with van der Waals surface area (Å²) in [5, 5.41) is 0.890. The van der Waals surface area contributed by atoms with Crippen molar-refractivity contribution in [1.82, 2.24) is 0 Å². The molecule has 3 aromatic carbocycles. The number of ketones is 1. The molecule has 0 atom stereocenters. The Labute approximate surface area is 168 Å². The molecule has 5 heteroatoms. The van der Waals surface area contributed by atoms with Gasteiger partial charge in [-0.15, -0.1) is 0 Å². The second kappa shape index (κ2) is 7.14. The average molecular weight is 440 g/mol. The van der Waals surface area contributed by atoms with E-state index in [1.54, 1.807) is 60.7 Å². The smallest absolute Gasteiger partial charge is 0.204 e. The van der Waals surface area contributed by atoms with Gasteiger partial charge in [-0.3, -0.25) is 9.59 Å². The SMILES string of the molecule is O=C(c1ccc(Cl)cc1)c1c(-c2ccc(Br)cc2)oc2ccccc2c1=O. The fourth-order valence-electron chi connectivity index (χ4n) is 2.90. The van der Waals surface area contributed by atoms with Gasteiger partial charge in [0.2, 0.25) is 11.2 Å². The van der Waals surface area contributed by atoms with Gasteiger partial charge in [0.25, 0.3) is 0 Å². The van der Waals surface area contributed by atoms with Crippen molar-refractivity contribution in [2.75, 3.05) is 0 Å². The van der Waals surface area contributed by atoms with Gasteiger partial charge in [0.15, 0.2) is 0 Å². The lowest BCUT2D eigenvalue weighted by molar-refractivity contribution is 0.103. The highest BCUT2D eigenvalue weighted by Gasteiger charge is 2.23. The number of benzene rings is 3. The van der Waals surface area contributed by atoms with E-state index < -0.39 is 5.78 Å². The summed E-state index contributed by atoms with van der Waals surface area (Å²) in [6, 6.07) is 20.6. The van der Waals surface area contributed by atoms with E-state index in [4.69, 9.17) is 16.0 Å². The third-order valence-corrected chi connectivity index (χ3v) is 5.02. The Morgan fingerprint density at radius 2 is 1.56 bits per heavy atom. The quantitative estimate of drug-likeness (QED) is 0.362. The number of hydrogen-bond donors (Lipinski definition) is 0. The normalized spacial score (nSPS) is 10.9. The molecule has 132 valence electrons. The van der Waals surface area contributed by atoms with Crippen molar-refractivity contribution in [3.63, 3.8) is 0 Å². The van der Waals surface area contributed by atoms with Crippen molar-refractivity contribution < 1.29 is 9.21 Å². The summed E-state index contributed by atoms with van der Waals surface area (Å²) in [6.45, 7) is 0. The van der Waals surface area contributed by atoms with Crippen LogP contribution >= 0.6 is 27.5 Å². The molecule has 0 amide bonds. The van der Waals surface area contributed by atoms with Gasteiger partial charge < -0.3 is 4.42 Å². The zero-order valence-electron chi connectivity index (χ0n) is 13.9. The largest absolute Gasteiger partial charge is 0.455 e. The van der Waals surface area contributed by atoms with Crippen LogP contribution < -0.4 is 5.43 Å². The van der Waals surface area contributed by atoms with Crippen LogP contribution in [0.5, 0.6) is 0 Å². The second-order valence-corrected chi connectivity index (χ2v) is 7.33. The van der Waals surface area contributed by atoms with Crippen LogP contribution in [-0.4, -0.2) is 5.78 Å². The molecule has 0 spiro atoms. The van der Waals surface area contributed by atoms with Gasteiger partial charge in [-0.1, -0.05) is 51.8 Å². The zero-order valence-corrected chi connectivity index (χ0v) is 16.3. The van der Waals surface area contributed by atoms with E-state index >= 15 is 0 Å². The number of fused-ring (bicyclic) bond motifs is 1. The van der Waals surface area contributed by atoms with E-state index in [0.717, 1.165) is 4.47 Å². The molecule has 0 aliphatic rings. The molecule has 0 unspecified atom stereocenters. The molecule has 0 radical (unpaired) electrons. The highest BCUT2D eigenvalue weighted by molar-refractivity contribution is 9.10.